The Morgan fingerprint density at radius 1 is 1.19 bits per heavy atom. The average Bonchev–Trinajstić information content (AvgIpc) is 2.72. The molecule has 1 aliphatic rings. The molecule has 8 nitrogen and oxygen atoms in total. The molecule has 0 radical (unpaired) electrons. The van der Waals surface area contributed by atoms with Gasteiger partial charge in [-0.2, -0.15) is 8.78 Å². The van der Waals surface area contributed by atoms with Crippen LogP contribution < -0.4 is 20.1 Å². The number of imide groups is 1. The van der Waals surface area contributed by atoms with E-state index in [1.807, 2.05) is 0 Å². The van der Waals surface area contributed by atoms with Gasteiger partial charge in [0.2, 0.25) is 0 Å². The Morgan fingerprint density at radius 2 is 1.94 bits per heavy atom. The summed E-state index contributed by atoms with van der Waals surface area (Å²) in [7, 11) is 1.29. The van der Waals surface area contributed by atoms with E-state index in [0.29, 0.717) is 11.5 Å². The van der Waals surface area contributed by atoms with Crippen molar-refractivity contribution in [2.45, 2.75) is 45.3 Å². The van der Waals surface area contributed by atoms with Crippen LogP contribution in [0.5, 0.6) is 11.5 Å². The number of halogens is 2. The second-order valence-electron chi connectivity index (χ2n) is 7.12. The van der Waals surface area contributed by atoms with Crippen molar-refractivity contribution in [2.75, 3.05) is 13.7 Å². The fourth-order valence-electron chi connectivity index (χ4n) is 3.23. The van der Waals surface area contributed by atoms with Crippen molar-refractivity contribution >= 4 is 24.0 Å². The number of hydrogen-bond acceptors (Lipinski definition) is 6. The number of ether oxygens (including phenoxy) is 3. The third-order valence-corrected chi connectivity index (χ3v) is 4.84. The normalized spacial score (nSPS) is 18.5. The first-order valence-electron chi connectivity index (χ1n) is 9.86. The molecule has 0 saturated heterocycles. The van der Waals surface area contributed by atoms with Crippen molar-refractivity contribution in [2.24, 2.45) is 5.92 Å². The zero-order chi connectivity index (χ0) is 22.8. The molecular formula is C21H26F2N2O6. The van der Waals surface area contributed by atoms with Gasteiger partial charge >= 0.3 is 18.6 Å². The van der Waals surface area contributed by atoms with E-state index in [4.69, 9.17) is 9.47 Å². The van der Waals surface area contributed by atoms with E-state index in [9.17, 15) is 23.2 Å². The van der Waals surface area contributed by atoms with E-state index in [2.05, 4.69) is 22.3 Å². The van der Waals surface area contributed by atoms with Crippen molar-refractivity contribution in [3.8, 4) is 11.5 Å². The van der Waals surface area contributed by atoms with E-state index in [0.717, 1.165) is 31.8 Å². The van der Waals surface area contributed by atoms with E-state index in [1.54, 1.807) is 0 Å². The molecule has 2 atom stereocenters. The molecule has 0 aromatic heterocycles. The summed E-state index contributed by atoms with van der Waals surface area (Å²) in [4.78, 5) is 35.5. The van der Waals surface area contributed by atoms with Crippen LogP contribution in [0, 0.1) is 5.92 Å². The number of nitrogens with one attached hydrogen (secondary N) is 2. The molecule has 0 aliphatic heterocycles. The molecule has 1 saturated carbocycles. The molecule has 0 heterocycles. The summed E-state index contributed by atoms with van der Waals surface area (Å²) >= 11 is 0. The summed E-state index contributed by atoms with van der Waals surface area (Å²) in [5.74, 6) is -1.31. The monoisotopic (exact) mass is 440 g/mol. The first kappa shape index (κ1) is 24.1. The summed E-state index contributed by atoms with van der Waals surface area (Å²) in [6, 6.07) is 3.50. The molecule has 2 N–H and O–H groups in total. The Balaban J connectivity index is 1.78. The molecule has 170 valence electrons. The SMILES string of the molecule is COc1cc(/C=C/C(=O)OCC(=O)NC(=O)N[C@@H]2CCCC[C@@H]2C)ccc1OC(F)F. The van der Waals surface area contributed by atoms with E-state index < -0.39 is 31.1 Å². The maximum Gasteiger partial charge on any atom is 0.387 e. The highest BCUT2D eigenvalue weighted by Crippen LogP contribution is 2.29. The van der Waals surface area contributed by atoms with Crippen LogP contribution in [0.1, 0.15) is 38.2 Å². The minimum absolute atomic E-state index is 0.0153. The summed E-state index contributed by atoms with van der Waals surface area (Å²) in [5, 5.41) is 4.90. The maximum absolute atomic E-state index is 12.3. The van der Waals surface area contributed by atoms with Gasteiger partial charge in [0, 0.05) is 12.1 Å². The second kappa shape index (κ2) is 11.9. The summed E-state index contributed by atoms with van der Waals surface area (Å²) in [6.07, 6.45) is 6.45. The standard InChI is InChI=1S/C21H26F2N2O6/c1-13-5-3-4-6-15(13)24-21(28)25-18(26)12-30-19(27)10-8-14-7-9-16(31-20(22)23)17(11-14)29-2/h7-11,13,15,20H,3-6,12H2,1-2H3,(H2,24,25,26,28)/b10-8+/t13-,15+/m0/s1. The molecule has 1 aromatic rings. The van der Waals surface area contributed by atoms with Crippen molar-refractivity contribution in [1.29, 1.82) is 0 Å². The van der Waals surface area contributed by atoms with Gasteiger partial charge in [-0.3, -0.25) is 10.1 Å². The maximum atomic E-state index is 12.3. The number of hydrogen-bond donors (Lipinski definition) is 2. The van der Waals surface area contributed by atoms with Crippen LogP contribution in [-0.2, 0) is 14.3 Å². The lowest BCUT2D eigenvalue weighted by Crippen LogP contribution is -2.48. The summed E-state index contributed by atoms with van der Waals surface area (Å²) in [5.41, 5.74) is 0.459. The summed E-state index contributed by atoms with van der Waals surface area (Å²) < 4.78 is 38.8. The minimum atomic E-state index is -3.00. The number of benzene rings is 1. The molecule has 31 heavy (non-hydrogen) atoms. The molecule has 2 rings (SSSR count). The highest BCUT2D eigenvalue weighted by molar-refractivity contribution is 5.96. The number of methoxy groups -OCH3 is 1. The Bertz CT molecular complexity index is 815. The molecule has 3 amide bonds. The van der Waals surface area contributed by atoms with Crippen LogP contribution in [0.2, 0.25) is 0 Å². The van der Waals surface area contributed by atoms with Gasteiger partial charge in [0.1, 0.15) is 0 Å². The van der Waals surface area contributed by atoms with E-state index in [-0.39, 0.29) is 17.5 Å². The molecule has 1 aliphatic carbocycles. The van der Waals surface area contributed by atoms with Crippen LogP contribution in [-0.4, -0.2) is 44.3 Å². The number of carbonyl (C=O) groups excluding carboxylic acids is 3. The van der Waals surface area contributed by atoms with Crippen LogP contribution in [0.15, 0.2) is 24.3 Å². The van der Waals surface area contributed by atoms with Gasteiger partial charge in [0.15, 0.2) is 18.1 Å². The molecular weight excluding hydrogens is 414 g/mol. The van der Waals surface area contributed by atoms with Gasteiger partial charge < -0.3 is 19.5 Å². The van der Waals surface area contributed by atoms with E-state index >= 15 is 0 Å². The molecule has 0 spiro atoms. The molecule has 1 aromatic carbocycles. The number of carbonyl (C=O) groups is 3. The van der Waals surface area contributed by atoms with Gasteiger partial charge in [-0.05, 0) is 42.5 Å². The largest absolute Gasteiger partial charge is 0.493 e. The van der Waals surface area contributed by atoms with Crippen molar-refractivity contribution in [3.05, 3.63) is 29.8 Å². The fourth-order valence-corrected chi connectivity index (χ4v) is 3.23. The third kappa shape index (κ3) is 8.23. The van der Waals surface area contributed by atoms with Gasteiger partial charge in [0.25, 0.3) is 5.91 Å². The van der Waals surface area contributed by atoms with Crippen LogP contribution in [0.25, 0.3) is 6.08 Å². The zero-order valence-electron chi connectivity index (χ0n) is 17.4. The predicted molar refractivity (Wildman–Crippen MR) is 108 cm³/mol. The topological polar surface area (TPSA) is 103 Å². The molecule has 1 fully saturated rings. The number of esters is 1. The van der Waals surface area contributed by atoms with Crippen molar-refractivity contribution < 1.29 is 37.4 Å². The molecule has 0 bridgehead atoms. The van der Waals surface area contributed by atoms with Gasteiger partial charge in [-0.1, -0.05) is 25.8 Å². The first-order valence-corrected chi connectivity index (χ1v) is 9.86. The highest BCUT2D eigenvalue weighted by atomic mass is 19.3. The Labute approximate surface area is 178 Å². The lowest BCUT2D eigenvalue weighted by atomic mass is 9.86. The Kier molecular flexibility index (Phi) is 9.23. The number of amides is 3. The van der Waals surface area contributed by atoms with Crippen LogP contribution >= 0.6 is 0 Å². The second-order valence-corrected chi connectivity index (χ2v) is 7.12. The van der Waals surface area contributed by atoms with E-state index in [1.165, 1.54) is 31.4 Å². The third-order valence-electron chi connectivity index (χ3n) is 4.84. The lowest BCUT2D eigenvalue weighted by molar-refractivity contribution is -0.143. The minimum Gasteiger partial charge on any atom is -0.493 e. The fraction of sp³-hybridized carbons (Fsp3) is 0.476. The number of alkyl halides is 2. The van der Waals surface area contributed by atoms with Crippen LogP contribution in [0.4, 0.5) is 13.6 Å². The van der Waals surface area contributed by atoms with Crippen molar-refractivity contribution in [3.63, 3.8) is 0 Å². The van der Waals surface area contributed by atoms with Gasteiger partial charge in [0.05, 0.1) is 7.11 Å². The van der Waals surface area contributed by atoms with Crippen molar-refractivity contribution in [1.82, 2.24) is 10.6 Å². The highest BCUT2D eigenvalue weighted by Gasteiger charge is 2.23. The van der Waals surface area contributed by atoms with Gasteiger partial charge in [-0.15, -0.1) is 0 Å². The lowest BCUT2D eigenvalue weighted by Gasteiger charge is -2.29. The number of urea groups is 1. The average molecular weight is 440 g/mol. The first-order chi connectivity index (χ1) is 14.8. The number of rotatable bonds is 8. The summed E-state index contributed by atoms with van der Waals surface area (Å²) in [6.45, 7) is -1.57. The Hall–Kier alpha value is -3.17. The zero-order valence-corrected chi connectivity index (χ0v) is 17.4. The predicted octanol–water partition coefficient (Wildman–Crippen LogP) is 3.26. The van der Waals surface area contributed by atoms with Crippen LogP contribution in [0.3, 0.4) is 0 Å². The van der Waals surface area contributed by atoms with Gasteiger partial charge in [-0.25, -0.2) is 9.59 Å². The molecule has 0 unspecified atom stereocenters. The Morgan fingerprint density at radius 3 is 2.61 bits per heavy atom. The quantitative estimate of drug-likeness (QED) is 0.475. The smallest absolute Gasteiger partial charge is 0.387 e. The molecule has 10 heteroatoms.